The smallest absolute Gasteiger partial charge is 0.215 e. The summed E-state index contributed by atoms with van der Waals surface area (Å²) in [6.45, 7) is 0. The molecule has 6 rings (SSSR count). The molecule has 4 aromatic carbocycles. The van der Waals surface area contributed by atoms with Crippen LogP contribution < -0.4 is 4.74 Å². The molecule has 31 heavy (non-hydrogen) atoms. The van der Waals surface area contributed by atoms with Crippen molar-refractivity contribution in [2.75, 3.05) is 0 Å². The highest BCUT2D eigenvalue weighted by atomic mass is 35.5. The first-order valence-electron chi connectivity index (χ1n) is 10.2. The highest BCUT2D eigenvalue weighted by molar-refractivity contribution is 6.31. The predicted octanol–water partition coefficient (Wildman–Crippen LogP) is 7.39. The molecular weight excluding hydrogens is 427 g/mol. The molecule has 0 saturated heterocycles. The first kappa shape index (κ1) is 18.7. The summed E-state index contributed by atoms with van der Waals surface area (Å²) in [5, 5.41) is 10.9. The summed E-state index contributed by atoms with van der Waals surface area (Å²) in [5.74, 6) is 0.825. The molecule has 0 unspecified atom stereocenters. The summed E-state index contributed by atoms with van der Waals surface area (Å²) >= 11 is 12.9. The van der Waals surface area contributed by atoms with Gasteiger partial charge in [0.2, 0.25) is 6.23 Å². The average molecular weight is 445 g/mol. The van der Waals surface area contributed by atoms with Crippen LogP contribution in [-0.2, 0) is 0 Å². The monoisotopic (exact) mass is 444 g/mol. The maximum absolute atomic E-state index is 6.54. The second kappa shape index (κ2) is 7.30. The Bertz CT molecular complexity index is 1350. The van der Waals surface area contributed by atoms with E-state index in [2.05, 4.69) is 42.5 Å². The van der Waals surface area contributed by atoms with Gasteiger partial charge < -0.3 is 4.74 Å². The van der Waals surface area contributed by atoms with Crippen LogP contribution >= 0.6 is 23.2 Å². The maximum atomic E-state index is 6.54. The summed E-state index contributed by atoms with van der Waals surface area (Å²) in [5.41, 5.74) is 4.10. The Kier molecular flexibility index (Phi) is 4.41. The van der Waals surface area contributed by atoms with Gasteiger partial charge in [-0.15, -0.1) is 0 Å². The van der Waals surface area contributed by atoms with Crippen molar-refractivity contribution in [3.05, 3.63) is 112 Å². The van der Waals surface area contributed by atoms with Gasteiger partial charge in [0.25, 0.3) is 0 Å². The fourth-order valence-electron chi connectivity index (χ4n) is 4.48. The van der Waals surface area contributed by atoms with Gasteiger partial charge in [-0.25, -0.2) is 5.01 Å². The Morgan fingerprint density at radius 2 is 1.61 bits per heavy atom. The highest BCUT2D eigenvalue weighted by Crippen LogP contribution is 2.49. The second-order valence-electron chi connectivity index (χ2n) is 7.88. The zero-order valence-corrected chi connectivity index (χ0v) is 18.0. The van der Waals surface area contributed by atoms with E-state index in [1.54, 1.807) is 0 Å². The molecule has 0 aromatic heterocycles. The number of ether oxygens (including phenoxy) is 1. The Balaban J connectivity index is 1.47. The van der Waals surface area contributed by atoms with E-state index in [4.69, 9.17) is 33.0 Å². The lowest BCUT2D eigenvalue weighted by Crippen LogP contribution is -2.33. The molecule has 3 nitrogen and oxygen atoms in total. The number of rotatable bonds is 2. The number of fused-ring (bicyclic) bond motifs is 4. The van der Waals surface area contributed by atoms with Gasteiger partial charge in [-0.05, 0) is 46.7 Å². The van der Waals surface area contributed by atoms with E-state index in [1.807, 2.05) is 47.5 Å². The third-order valence-corrected chi connectivity index (χ3v) is 6.59. The molecule has 0 saturated carbocycles. The van der Waals surface area contributed by atoms with Crippen molar-refractivity contribution in [1.29, 1.82) is 0 Å². The van der Waals surface area contributed by atoms with Crippen molar-refractivity contribution in [3.8, 4) is 5.75 Å². The van der Waals surface area contributed by atoms with E-state index in [-0.39, 0.29) is 6.04 Å². The van der Waals surface area contributed by atoms with Crippen molar-refractivity contribution in [2.45, 2.75) is 18.7 Å². The minimum absolute atomic E-state index is 0.0326. The Morgan fingerprint density at radius 3 is 2.48 bits per heavy atom. The number of hydrogen-bond donors (Lipinski definition) is 0. The molecule has 4 aromatic rings. The summed E-state index contributed by atoms with van der Waals surface area (Å²) < 4.78 is 6.40. The van der Waals surface area contributed by atoms with E-state index in [0.29, 0.717) is 10.0 Å². The third-order valence-electron chi connectivity index (χ3n) is 6.01. The van der Waals surface area contributed by atoms with Gasteiger partial charge in [0.05, 0.1) is 11.8 Å². The van der Waals surface area contributed by atoms with Crippen molar-refractivity contribution >= 4 is 39.7 Å². The van der Waals surface area contributed by atoms with Gasteiger partial charge in [-0.1, -0.05) is 77.8 Å². The predicted molar refractivity (Wildman–Crippen MR) is 126 cm³/mol. The van der Waals surface area contributed by atoms with E-state index < -0.39 is 6.23 Å². The van der Waals surface area contributed by atoms with Gasteiger partial charge in [-0.3, -0.25) is 0 Å². The summed E-state index contributed by atoms with van der Waals surface area (Å²) in [7, 11) is 0. The molecule has 0 radical (unpaired) electrons. The minimum atomic E-state index is -0.398. The molecule has 2 aliphatic heterocycles. The molecule has 152 valence electrons. The van der Waals surface area contributed by atoms with Gasteiger partial charge in [-0.2, -0.15) is 5.10 Å². The van der Waals surface area contributed by atoms with E-state index in [9.17, 15) is 0 Å². The van der Waals surface area contributed by atoms with Gasteiger partial charge in [0.1, 0.15) is 5.75 Å². The molecule has 0 spiro atoms. The van der Waals surface area contributed by atoms with Crippen LogP contribution in [0.3, 0.4) is 0 Å². The van der Waals surface area contributed by atoms with Crippen LogP contribution in [0.1, 0.15) is 35.4 Å². The van der Waals surface area contributed by atoms with Crippen molar-refractivity contribution in [2.24, 2.45) is 5.10 Å². The molecule has 2 heterocycles. The maximum Gasteiger partial charge on any atom is 0.215 e. The Labute approximate surface area is 190 Å². The first-order chi connectivity index (χ1) is 15.2. The average Bonchev–Trinajstić information content (AvgIpc) is 3.25. The molecule has 5 heteroatoms. The molecular formula is C26H18Cl2N2O. The SMILES string of the molecule is Clc1ccc2c(c1)[C@H]1CC(c3ccc4ccccc4c3)=NN1[C@@H](c1ccccc1Cl)O2. The van der Waals surface area contributed by atoms with Crippen molar-refractivity contribution < 1.29 is 4.74 Å². The topological polar surface area (TPSA) is 24.8 Å². The molecule has 2 aliphatic rings. The van der Waals surface area contributed by atoms with Gasteiger partial charge >= 0.3 is 0 Å². The zero-order valence-electron chi connectivity index (χ0n) is 16.5. The molecule has 0 amide bonds. The van der Waals surface area contributed by atoms with Crippen LogP contribution in [0.25, 0.3) is 10.8 Å². The lowest BCUT2D eigenvalue weighted by Gasteiger charge is -2.38. The van der Waals surface area contributed by atoms with Crippen LogP contribution in [-0.4, -0.2) is 10.7 Å². The van der Waals surface area contributed by atoms with E-state index >= 15 is 0 Å². The molecule has 0 N–H and O–H groups in total. The lowest BCUT2D eigenvalue weighted by atomic mass is 9.95. The fourth-order valence-corrected chi connectivity index (χ4v) is 4.89. The largest absolute Gasteiger partial charge is 0.464 e. The normalized spacial score (nSPS) is 19.5. The summed E-state index contributed by atoms with van der Waals surface area (Å²) in [4.78, 5) is 0. The van der Waals surface area contributed by atoms with Crippen molar-refractivity contribution in [1.82, 2.24) is 5.01 Å². The quantitative estimate of drug-likeness (QED) is 0.321. The van der Waals surface area contributed by atoms with E-state index in [0.717, 1.165) is 34.6 Å². The standard InChI is InChI=1S/C26H18Cl2N2O/c27-19-11-12-25-21(14-19)24-15-23(18-10-9-16-5-1-2-6-17(16)13-18)29-30(24)26(31-25)20-7-3-4-8-22(20)28/h1-14,24,26H,15H2/t24-,26-/m1/s1. The Hall–Kier alpha value is -3.01. The number of nitrogens with zero attached hydrogens (tertiary/aromatic N) is 2. The molecule has 0 bridgehead atoms. The fraction of sp³-hybridized carbons (Fsp3) is 0.115. The molecule has 2 atom stereocenters. The highest BCUT2D eigenvalue weighted by Gasteiger charge is 2.41. The number of hydrazone groups is 1. The molecule has 0 fully saturated rings. The summed E-state index contributed by atoms with van der Waals surface area (Å²) in [6.07, 6.45) is 0.376. The van der Waals surface area contributed by atoms with Crippen LogP contribution in [0.15, 0.2) is 90.0 Å². The molecule has 0 aliphatic carbocycles. The second-order valence-corrected chi connectivity index (χ2v) is 8.73. The van der Waals surface area contributed by atoms with Crippen LogP contribution in [0.5, 0.6) is 5.75 Å². The van der Waals surface area contributed by atoms with Crippen LogP contribution in [0.2, 0.25) is 10.0 Å². The minimum Gasteiger partial charge on any atom is -0.464 e. The first-order valence-corrected chi connectivity index (χ1v) is 11.0. The zero-order chi connectivity index (χ0) is 20.9. The Morgan fingerprint density at radius 1 is 0.806 bits per heavy atom. The van der Waals surface area contributed by atoms with Crippen LogP contribution in [0.4, 0.5) is 0 Å². The number of hydrogen-bond acceptors (Lipinski definition) is 3. The van der Waals surface area contributed by atoms with Crippen molar-refractivity contribution in [3.63, 3.8) is 0 Å². The van der Waals surface area contributed by atoms with Crippen LogP contribution in [0, 0.1) is 0 Å². The number of halogens is 2. The van der Waals surface area contributed by atoms with Gasteiger partial charge in [0.15, 0.2) is 0 Å². The van der Waals surface area contributed by atoms with E-state index in [1.165, 1.54) is 10.8 Å². The summed E-state index contributed by atoms with van der Waals surface area (Å²) in [6, 6.07) is 28.5. The van der Waals surface area contributed by atoms with Gasteiger partial charge in [0, 0.05) is 27.6 Å². The third kappa shape index (κ3) is 3.16. The lowest BCUT2D eigenvalue weighted by molar-refractivity contribution is -0.0189. The number of benzene rings is 4.